The number of amides is 3. The van der Waals surface area contributed by atoms with Gasteiger partial charge in [0, 0.05) is 42.1 Å². The second-order valence-electron chi connectivity index (χ2n) is 11.5. The van der Waals surface area contributed by atoms with Gasteiger partial charge in [-0.2, -0.15) is 5.10 Å². The van der Waals surface area contributed by atoms with Gasteiger partial charge in [0.05, 0.1) is 36.1 Å². The maximum atomic E-state index is 13.0. The van der Waals surface area contributed by atoms with Gasteiger partial charge in [-0.3, -0.25) is 24.2 Å². The van der Waals surface area contributed by atoms with Crippen LogP contribution in [-0.2, 0) is 27.3 Å². The Bertz CT molecular complexity index is 1700. The van der Waals surface area contributed by atoms with Crippen LogP contribution in [0, 0.1) is 6.92 Å². The molecule has 2 N–H and O–H groups in total. The Hall–Kier alpha value is -4.65. The van der Waals surface area contributed by atoms with Crippen LogP contribution in [0.25, 0.3) is 5.69 Å². The van der Waals surface area contributed by atoms with E-state index in [2.05, 4.69) is 32.2 Å². The van der Waals surface area contributed by atoms with Gasteiger partial charge in [-0.15, -0.1) is 11.3 Å². The van der Waals surface area contributed by atoms with E-state index in [9.17, 15) is 14.4 Å². The first-order valence-corrected chi connectivity index (χ1v) is 16.5. The summed E-state index contributed by atoms with van der Waals surface area (Å²) in [5.41, 5.74) is 3.85. The number of carbonyl (C=O) groups is 3. The zero-order valence-electron chi connectivity index (χ0n) is 27.2. The van der Waals surface area contributed by atoms with Crippen LogP contribution in [0.2, 0.25) is 0 Å². The number of aryl methyl sites for hydroxylation is 1. The van der Waals surface area contributed by atoms with Crippen LogP contribution < -0.4 is 15.5 Å². The Morgan fingerprint density at radius 2 is 1.81 bits per heavy atom. The first-order valence-electron chi connectivity index (χ1n) is 15.6. The number of ether oxygens (including phenoxy) is 1. The number of fused-ring (bicyclic) bond motifs is 1. The molecule has 2 atom stereocenters. The summed E-state index contributed by atoms with van der Waals surface area (Å²) < 4.78 is 6.96. The van der Waals surface area contributed by atoms with Crippen molar-refractivity contribution in [2.75, 3.05) is 31.7 Å². The molecule has 2 aromatic carbocycles. The minimum Gasteiger partial charge on any atom is -0.378 e. The van der Waals surface area contributed by atoms with Gasteiger partial charge in [0.2, 0.25) is 5.91 Å². The van der Waals surface area contributed by atoms with Crippen molar-refractivity contribution in [3.05, 3.63) is 106 Å². The summed E-state index contributed by atoms with van der Waals surface area (Å²) in [5.74, 6) is 0.216. The lowest BCUT2D eigenvalue weighted by Crippen LogP contribution is -2.53. The number of para-hydroxylation sites is 1. The molecule has 2 aliphatic heterocycles. The molecular weight excluding hydrogens is 614 g/mol. The number of aromatic nitrogens is 3. The van der Waals surface area contributed by atoms with Gasteiger partial charge in [0.25, 0.3) is 11.8 Å². The van der Waals surface area contributed by atoms with E-state index in [1.54, 1.807) is 21.2 Å². The molecule has 47 heavy (non-hydrogen) atoms. The Kier molecular flexibility index (Phi) is 11.0. The number of nitrogens with one attached hydrogen (secondary N) is 2. The fourth-order valence-electron chi connectivity index (χ4n) is 5.39. The molecule has 0 bridgehead atoms. The number of likely N-dealkylation sites (N-methyl/N-ethyl adjacent to an activating group) is 2. The van der Waals surface area contributed by atoms with Gasteiger partial charge in [0.1, 0.15) is 17.6 Å². The Balaban J connectivity index is 0.000000194. The molecule has 246 valence electrons. The van der Waals surface area contributed by atoms with Gasteiger partial charge < -0.3 is 15.4 Å². The van der Waals surface area contributed by atoms with E-state index in [1.165, 1.54) is 11.3 Å². The molecule has 2 unspecified atom stereocenters. The van der Waals surface area contributed by atoms with Crippen molar-refractivity contribution in [3.63, 3.8) is 0 Å². The largest absolute Gasteiger partial charge is 0.378 e. The van der Waals surface area contributed by atoms with Gasteiger partial charge in [-0.25, -0.2) is 9.67 Å². The average Bonchev–Trinajstić information content (AvgIpc) is 3.70. The molecule has 6 rings (SSSR count). The number of hydrogen-bond donors (Lipinski definition) is 2. The smallest absolute Gasteiger partial charge is 0.271 e. The molecule has 3 amide bonds. The van der Waals surface area contributed by atoms with E-state index < -0.39 is 6.04 Å². The molecule has 0 saturated carbocycles. The minimum absolute atomic E-state index is 0.0136. The predicted molar refractivity (Wildman–Crippen MR) is 183 cm³/mol. The summed E-state index contributed by atoms with van der Waals surface area (Å²) >= 11 is 1.41. The highest BCUT2D eigenvalue weighted by Gasteiger charge is 2.36. The SMILES string of the molecule is C=C(C(=O)NCc1ccccc1)C(C)N(C)C1COC1.CCN1C(=O)C(NC(=O)c2csc(C)n2)Cc2cnn(-c3ccccc3)c21. The highest BCUT2D eigenvalue weighted by molar-refractivity contribution is 7.09. The molecule has 0 aliphatic carbocycles. The molecule has 2 aromatic heterocycles. The molecule has 11 nitrogen and oxygen atoms in total. The van der Waals surface area contributed by atoms with Crippen molar-refractivity contribution in [2.45, 2.75) is 51.9 Å². The third-order valence-corrected chi connectivity index (χ3v) is 9.21. The maximum absolute atomic E-state index is 13.0. The minimum atomic E-state index is -0.625. The molecule has 1 saturated heterocycles. The predicted octanol–water partition coefficient (Wildman–Crippen LogP) is 3.92. The fourth-order valence-corrected chi connectivity index (χ4v) is 5.98. The summed E-state index contributed by atoms with van der Waals surface area (Å²) in [6, 6.07) is 19.3. The second-order valence-corrected chi connectivity index (χ2v) is 12.6. The molecule has 2 aliphatic rings. The molecule has 4 heterocycles. The third kappa shape index (κ3) is 7.84. The zero-order valence-corrected chi connectivity index (χ0v) is 28.0. The average molecular weight is 656 g/mol. The van der Waals surface area contributed by atoms with E-state index in [4.69, 9.17) is 4.74 Å². The highest BCUT2D eigenvalue weighted by atomic mass is 32.1. The van der Waals surface area contributed by atoms with E-state index >= 15 is 0 Å². The molecule has 4 aromatic rings. The van der Waals surface area contributed by atoms with Crippen LogP contribution >= 0.6 is 11.3 Å². The topological polar surface area (TPSA) is 122 Å². The van der Waals surface area contributed by atoms with Crippen molar-refractivity contribution in [1.29, 1.82) is 0 Å². The monoisotopic (exact) mass is 655 g/mol. The summed E-state index contributed by atoms with van der Waals surface area (Å²) in [6.45, 7) is 12.2. The fraction of sp³-hybridized carbons (Fsp3) is 0.343. The van der Waals surface area contributed by atoms with Gasteiger partial charge in [0.15, 0.2) is 0 Å². The van der Waals surface area contributed by atoms with Crippen LogP contribution in [0.15, 0.2) is 84.4 Å². The Labute approximate surface area is 279 Å². The van der Waals surface area contributed by atoms with Crippen molar-refractivity contribution < 1.29 is 19.1 Å². The van der Waals surface area contributed by atoms with Crippen molar-refractivity contribution >= 4 is 34.9 Å². The first-order chi connectivity index (χ1) is 22.7. The third-order valence-electron chi connectivity index (χ3n) is 8.43. The first kappa shape index (κ1) is 33.7. The number of thiazole rings is 1. The standard InChI is InChI=1S/C19H19N5O2S.C16H22N2O2/c1-3-23-18-13(10-20-24(18)14-7-5-4-6-8-14)9-15(19(23)26)22-17(25)16-11-27-12(2)21-16;1-12(13(2)18(3)15-10-20-11-15)16(19)17-9-14-7-5-4-6-8-14/h4-8,10-11,15H,3,9H2,1-2H3,(H,22,25);4-8,13,15H,1,9-11H2,2-3H3,(H,17,19). The number of anilines is 1. The second kappa shape index (κ2) is 15.3. The van der Waals surface area contributed by atoms with E-state index in [-0.39, 0.29) is 23.8 Å². The summed E-state index contributed by atoms with van der Waals surface area (Å²) in [5, 5.41) is 12.7. The van der Waals surface area contributed by atoms with Gasteiger partial charge >= 0.3 is 0 Å². The quantitative estimate of drug-likeness (QED) is 0.249. The normalized spacial score (nSPS) is 16.4. The van der Waals surface area contributed by atoms with E-state index in [1.807, 2.05) is 88.5 Å². The van der Waals surface area contributed by atoms with Gasteiger partial charge in [-0.1, -0.05) is 55.1 Å². The summed E-state index contributed by atoms with van der Waals surface area (Å²) in [4.78, 5) is 45.6. The number of nitrogens with zero attached hydrogens (tertiary/aromatic N) is 5. The molecule has 12 heteroatoms. The lowest BCUT2D eigenvalue weighted by Gasteiger charge is -2.38. The van der Waals surface area contributed by atoms with Crippen LogP contribution in [-0.4, -0.2) is 82.3 Å². The number of rotatable bonds is 10. The van der Waals surface area contributed by atoms with Gasteiger partial charge in [-0.05, 0) is 45.5 Å². The number of benzene rings is 2. The lowest BCUT2D eigenvalue weighted by molar-refractivity contribution is -0.121. The number of carbonyl (C=O) groups excluding carboxylic acids is 3. The van der Waals surface area contributed by atoms with Crippen LogP contribution in [0.3, 0.4) is 0 Å². The Morgan fingerprint density at radius 3 is 2.40 bits per heavy atom. The van der Waals surface area contributed by atoms with Crippen molar-refractivity contribution in [2.24, 2.45) is 0 Å². The highest BCUT2D eigenvalue weighted by Crippen LogP contribution is 2.30. The van der Waals surface area contributed by atoms with Crippen molar-refractivity contribution in [1.82, 2.24) is 30.3 Å². The van der Waals surface area contributed by atoms with Crippen LogP contribution in [0.4, 0.5) is 5.82 Å². The molecular formula is C35H41N7O4S. The maximum Gasteiger partial charge on any atom is 0.271 e. The lowest BCUT2D eigenvalue weighted by atomic mass is 10.0. The zero-order chi connectivity index (χ0) is 33.5. The molecule has 1 fully saturated rings. The summed E-state index contributed by atoms with van der Waals surface area (Å²) in [6.07, 6.45) is 2.18. The number of hydrogen-bond acceptors (Lipinski definition) is 8. The van der Waals surface area contributed by atoms with Crippen LogP contribution in [0.1, 0.15) is 40.5 Å². The Morgan fingerprint density at radius 1 is 1.13 bits per heavy atom. The van der Waals surface area contributed by atoms with Crippen molar-refractivity contribution in [3.8, 4) is 5.69 Å². The van der Waals surface area contributed by atoms with Crippen LogP contribution in [0.5, 0.6) is 0 Å². The molecule has 0 spiro atoms. The van der Waals surface area contributed by atoms with E-state index in [0.717, 1.165) is 40.9 Å². The summed E-state index contributed by atoms with van der Waals surface area (Å²) in [7, 11) is 2.01. The van der Waals surface area contributed by atoms with E-state index in [0.29, 0.717) is 36.8 Å². The molecule has 0 radical (unpaired) electrons.